The molecule has 0 aliphatic heterocycles. The van der Waals surface area contributed by atoms with E-state index >= 15 is 0 Å². The fourth-order valence-electron chi connectivity index (χ4n) is 2.07. The number of anilines is 1. The molecule has 0 fully saturated rings. The molecule has 0 aliphatic carbocycles. The summed E-state index contributed by atoms with van der Waals surface area (Å²) in [6, 6.07) is 9.98. The highest BCUT2D eigenvalue weighted by molar-refractivity contribution is 6.33. The Bertz CT molecular complexity index is 777. The minimum Gasteiger partial charge on any atom is -0.493 e. The number of amides is 2. The van der Waals surface area contributed by atoms with E-state index in [1.54, 1.807) is 24.3 Å². The lowest BCUT2D eigenvalue weighted by molar-refractivity contribution is -0.118. The van der Waals surface area contributed by atoms with Crippen molar-refractivity contribution in [2.45, 2.75) is 6.92 Å². The van der Waals surface area contributed by atoms with Crippen molar-refractivity contribution < 1.29 is 19.1 Å². The van der Waals surface area contributed by atoms with E-state index < -0.39 is 11.8 Å². The van der Waals surface area contributed by atoms with Crippen molar-refractivity contribution in [3.05, 3.63) is 52.5 Å². The van der Waals surface area contributed by atoms with Crippen LogP contribution in [0.5, 0.6) is 11.5 Å². The van der Waals surface area contributed by atoms with Crippen LogP contribution in [-0.2, 0) is 4.79 Å². The van der Waals surface area contributed by atoms with E-state index in [9.17, 15) is 9.59 Å². The summed E-state index contributed by atoms with van der Waals surface area (Å²) >= 11 is 6.07. The summed E-state index contributed by atoms with van der Waals surface area (Å²) in [5.74, 6) is -0.668. The van der Waals surface area contributed by atoms with Gasteiger partial charge in [0.15, 0.2) is 18.1 Å². The normalized spacial score (nSPS) is 10.1. The monoisotopic (exact) mass is 348 g/mol. The van der Waals surface area contributed by atoms with E-state index in [1.165, 1.54) is 13.2 Å². The zero-order chi connectivity index (χ0) is 17.7. The molecule has 0 saturated carbocycles. The first-order valence-corrected chi connectivity index (χ1v) is 7.45. The third-order valence-corrected chi connectivity index (χ3v) is 3.52. The zero-order valence-corrected chi connectivity index (χ0v) is 14.0. The van der Waals surface area contributed by atoms with Gasteiger partial charge in [0.25, 0.3) is 11.8 Å². The summed E-state index contributed by atoms with van der Waals surface area (Å²) in [5, 5.41) is 3.07. The summed E-state index contributed by atoms with van der Waals surface area (Å²) in [5.41, 5.74) is 6.90. The second-order valence-corrected chi connectivity index (χ2v) is 5.43. The number of nitrogens with one attached hydrogen (secondary N) is 1. The quantitative estimate of drug-likeness (QED) is 0.839. The number of carbonyl (C=O) groups is 2. The fourth-order valence-corrected chi connectivity index (χ4v) is 2.35. The Morgan fingerprint density at radius 3 is 2.62 bits per heavy atom. The van der Waals surface area contributed by atoms with Crippen LogP contribution in [0.25, 0.3) is 0 Å². The third-order valence-electron chi connectivity index (χ3n) is 3.21. The van der Waals surface area contributed by atoms with Crippen LogP contribution in [-0.4, -0.2) is 25.5 Å². The lowest BCUT2D eigenvalue weighted by Crippen LogP contribution is -2.22. The van der Waals surface area contributed by atoms with E-state index in [0.29, 0.717) is 16.5 Å². The Morgan fingerprint density at radius 2 is 2.00 bits per heavy atom. The van der Waals surface area contributed by atoms with E-state index in [-0.39, 0.29) is 17.9 Å². The Kier molecular flexibility index (Phi) is 5.65. The molecule has 2 aromatic carbocycles. The largest absolute Gasteiger partial charge is 0.493 e. The van der Waals surface area contributed by atoms with Crippen LogP contribution >= 0.6 is 11.6 Å². The van der Waals surface area contributed by atoms with Gasteiger partial charge >= 0.3 is 0 Å². The van der Waals surface area contributed by atoms with Gasteiger partial charge in [-0.1, -0.05) is 23.7 Å². The molecule has 6 nitrogen and oxygen atoms in total. The molecule has 24 heavy (non-hydrogen) atoms. The molecule has 0 aliphatic rings. The van der Waals surface area contributed by atoms with Crippen molar-refractivity contribution in [2.75, 3.05) is 19.0 Å². The van der Waals surface area contributed by atoms with E-state index in [1.807, 2.05) is 13.0 Å². The SMILES string of the molecule is COc1cccc(C(N)=O)c1OCC(=O)Nc1ccc(C)cc1Cl. The summed E-state index contributed by atoms with van der Waals surface area (Å²) in [6.07, 6.45) is 0. The van der Waals surface area contributed by atoms with Crippen molar-refractivity contribution in [2.24, 2.45) is 5.73 Å². The molecule has 0 radical (unpaired) electrons. The van der Waals surface area contributed by atoms with Crippen LogP contribution in [0.2, 0.25) is 5.02 Å². The molecule has 0 spiro atoms. The van der Waals surface area contributed by atoms with E-state index in [0.717, 1.165) is 5.56 Å². The van der Waals surface area contributed by atoms with Gasteiger partial charge in [-0.2, -0.15) is 0 Å². The van der Waals surface area contributed by atoms with Crippen LogP contribution in [0.3, 0.4) is 0 Å². The molecule has 0 unspecified atom stereocenters. The summed E-state index contributed by atoms with van der Waals surface area (Å²) in [6.45, 7) is 1.57. The number of carbonyl (C=O) groups excluding carboxylic acids is 2. The van der Waals surface area contributed by atoms with Gasteiger partial charge in [0.2, 0.25) is 0 Å². The lowest BCUT2D eigenvalue weighted by atomic mass is 10.2. The van der Waals surface area contributed by atoms with Crippen LogP contribution in [0.15, 0.2) is 36.4 Å². The molecular weight excluding hydrogens is 332 g/mol. The number of benzene rings is 2. The number of hydrogen-bond donors (Lipinski definition) is 2. The molecule has 7 heteroatoms. The fraction of sp³-hybridized carbons (Fsp3) is 0.176. The first kappa shape index (κ1) is 17.6. The predicted octanol–water partition coefficient (Wildman–Crippen LogP) is 2.77. The Morgan fingerprint density at radius 1 is 1.25 bits per heavy atom. The number of aryl methyl sites for hydroxylation is 1. The van der Waals surface area contributed by atoms with Crippen LogP contribution in [0.1, 0.15) is 15.9 Å². The van der Waals surface area contributed by atoms with E-state index in [2.05, 4.69) is 5.32 Å². The second-order valence-electron chi connectivity index (χ2n) is 5.02. The number of hydrogen-bond acceptors (Lipinski definition) is 4. The molecule has 0 heterocycles. The zero-order valence-electron chi connectivity index (χ0n) is 13.3. The standard InChI is InChI=1S/C17H17ClN2O4/c1-10-6-7-13(12(18)8-10)20-15(21)9-24-16-11(17(19)22)4-3-5-14(16)23-2/h3-8H,9H2,1-2H3,(H2,19,22)(H,20,21). The van der Waals surface area contributed by atoms with Crippen molar-refractivity contribution >= 4 is 29.1 Å². The second kappa shape index (κ2) is 7.70. The molecule has 2 amide bonds. The van der Waals surface area contributed by atoms with Gasteiger partial charge in [-0.25, -0.2) is 0 Å². The number of primary amides is 1. The summed E-state index contributed by atoms with van der Waals surface area (Å²) < 4.78 is 10.6. The third kappa shape index (κ3) is 4.17. The molecule has 0 saturated heterocycles. The molecule has 126 valence electrons. The number of nitrogens with two attached hydrogens (primary N) is 1. The number of methoxy groups -OCH3 is 1. The van der Waals surface area contributed by atoms with Gasteiger partial charge in [0, 0.05) is 0 Å². The van der Waals surface area contributed by atoms with E-state index in [4.69, 9.17) is 26.8 Å². The molecule has 0 bridgehead atoms. The van der Waals surface area contributed by atoms with Crippen molar-refractivity contribution in [3.63, 3.8) is 0 Å². The first-order valence-electron chi connectivity index (χ1n) is 7.08. The highest BCUT2D eigenvalue weighted by Crippen LogP contribution is 2.31. The maximum absolute atomic E-state index is 12.1. The lowest BCUT2D eigenvalue weighted by Gasteiger charge is -2.14. The first-order chi connectivity index (χ1) is 11.4. The smallest absolute Gasteiger partial charge is 0.262 e. The highest BCUT2D eigenvalue weighted by Gasteiger charge is 2.16. The summed E-state index contributed by atoms with van der Waals surface area (Å²) in [7, 11) is 1.43. The predicted molar refractivity (Wildman–Crippen MR) is 91.8 cm³/mol. The topological polar surface area (TPSA) is 90.7 Å². The van der Waals surface area contributed by atoms with Crippen molar-refractivity contribution in [3.8, 4) is 11.5 Å². The van der Waals surface area contributed by atoms with Gasteiger partial charge in [0.05, 0.1) is 23.4 Å². The van der Waals surface area contributed by atoms with Gasteiger partial charge < -0.3 is 20.5 Å². The highest BCUT2D eigenvalue weighted by atomic mass is 35.5. The maximum atomic E-state index is 12.1. The molecule has 0 aromatic heterocycles. The number of rotatable bonds is 6. The number of halogens is 1. The summed E-state index contributed by atoms with van der Waals surface area (Å²) in [4.78, 5) is 23.5. The molecule has 3 N–H and O–H groups in total. The molecular formula is C17H17ClN2O4. The van der Waals surface area contributed by atoms with Crippen LogP contribution < -0.4 is 20.5 Å². The molecule has 2 aromatic rings. The molecule has 0 atom stereocenters. The number of ether oxygens (including phenoxy) is 2. The average molecular weight is 349 g/mol. The van der Waals surface area contributed by atoms with Crippen molar-refractivity contribution in [1.82, 2.24) is 0 Å². The number of para-hydroxylation sites is 1. The Balaban J connectivity index is 2.10. The van der Waals surface area contributed by atoms with Crippen LogP contribution in [0.4, 0.5) is 5.69 Å². The average Bonchev–Trinajstić information content (AvgIpc) is 2.55. The van der Waals surface area contributed by atoms with Gasteiger partial charge in [-0.15, -0.1) is 0 Å². The van der Waals surface area contributed by atoms with Crippen molar-refractivity contribution in [1.29, 1.82) is 0 Å². The maximum Gasteiger partial charge on any atom is 0.262 e. The van der Waals surface area contributed by atoms with Gasteiger partial charge in [0.1, 0.15) is 0 Å². The minimum absolute atomic E-state index is 0.123. The van der Waals surface area contributed by atoms with Crippen LogP contribution in [0, 0.1) is 6.92 Å². The minimum atomic E-state index is -0.675. The Labute approximate surface area is 144 Å². The molecule has 2 rings (SSSR count). The van der Waals surface area contributed by atoms with Gasteiger partial charge in [-0.05, 0) is 36.8 Å². The Hall–Kier alpha value is -2.73. The van der Waals surface area contributed by atoms with Gasteiger partial charge in [-0.3, -0.25) is 9.59 Å².